The zero-order valence-corrected chi connectivity index (χ0v) is 14.8. The van der Waals surface area contributed by atoms with Gasteiger partial charge >= 0.3 is 0 Å². The molecule has 128 valence electrons. The summed E-state index contributed by atoms with van der Waals surface area (Å²) in [6.07, 6.45) is 8.80. The van der Waals surface area contributed by atoms with E-state index in [1.54, 1.807) is 6.20 Å². The minimum absolute atomic E-state index is 0.0227. The Morgan fingerprint density at radius 2 is 1.83 bits per heavy atom. The van der Waals surface area contributed by atoms with Crippen molar-refractivity contribution in [2.75, 3.05) is 0 Å². The first-order chi connectivity index (χ1) is 11.6. The van der Waals surface area contributed by atoms with Crippen molar-refractivity contribution < 1.29 is 4.79 Å². The highest BCUT2D eigenvalue weighted by atomic mass is 16.1. The normalized spacial score (nSPS) is 16.0. The van der Waals surface area contributed by atoms with Crippen molar-refractivity contribution in [2.24, 2.45) is 0 Å². The predicted molar refractivity (Wildman–Crippen MR) is 94.5 cm³/mol. The maximum atomic E-state index is 12.4. The highest BCUT2D eigenvalue weighted by Gasteiger charge is 2.16. The fourth-order valence-corrected chi connectivity index (χ4v) is 3.28. The molecule has 5 heteroatoms. The zero-order valence-electron chi connectivity index (χ0n) is 14.8. The van der Waals surface area contributed by atoms with Gasteiger partial charge in [0.1, 0.15) is 0 Å². The van der Waals surface area contributed by atoms with E-state index in [1.165, 1.54) is 31.2 Å². The van der Waals surface area contributed by atoms with Gasteiger partial charge in [-0.15, -0.1) is 0 Å². The third-order valence-corrected chi connectivity index (χ3v) is 5.07. The van der Waals surface area contributed by atoms with Crippen LogP contribution in [0, 0.1) is 20.8 Å². The number of hydrogen-bond acceptors (Lipinski definition) is 3. The minimum atomic E-state index is -0.0227. The van der Waals surface area contributed by atoms with Crippen LogP contribution in [-0.2, 0) is 0 Å². The van der Waals surface area contributed by atoms with Gasteiger partial charge in [0.05, 0.1) is 11.3 Å². The number of aromatic nitrogens is 3. The molecule has 0 unspecified atom stereocenters. The second kappa shape index (κ2) is 7.16. The van der Waals surface area contributed by atoms with E-state index in [9.17, 15) is 4.79 Å². The van der Waals surface area contributed by atoms with Crippen LogP contribution in [0.25, 0.3) is 5.82 Å². The summed E-state index contributed by atoms with van der Waals surface area (Å²) >= 11 is 0. The number of amides is 1. The fraction of sp³-hybridized carbons (Fsp3) is 0.526. The summed E-state index contributed by atoms with van der Waals surface area (Å²) in [4.78, 5) is 16.9. The largest absolute Gasteiger partial charge is 0.349 e. The van der Waals surface area contributed by atoms with Crippen molar-refractivity contribution >= 4 is 5.91 Å². The molecular formula is C19H26N4O. The number of carbonyl (C=O) groups is 1. The highest BCUT2D eigenvalue weighted by molar-refractivity contribution is 5.94. The molecule has 0 saturated heterocycles. The summed E-state index contributed by atoms with van der Waals surface area (Å²) in [6.45, 7) is 6.08. The SMILES string of the molecule is Cc1nn(-c2ccc(C(=O)NC3CCCCCC3)cn2)c(C)c1C. The Labute approximate surface area is 143 Å². The van der Waals surface area contributed by atoms with Gasteiger partial charge in [0.15, 0.2) is 5.82 Å². The van der Waals surface area contributed by atoms with Crippen LogP contribution < -0.4 is 5.32 Å². The van der Waals surface area contributed by atoms with E-state index < -0.39 is 0 Å². The Kier molecular flexibility index (Phi) is 4.97. The van der Waals surface area contributed by atoms with Crippen LogP contribution in [0.1, 0.15) is 65.8 Å². The molecule has 0 atom stereocenters. The van der Waals surface area contributed by atoms with Crippen molar-refractivity contribution in [1.29, 1.82) is 0 Å². The molecular weight excluding hydrogens is 300 g/mol. The number of nitrogens with zero attached hydrogens (tertiary/aromatic N) is 3. The van der Waals surface area contributed by atoms with E-state index in [2.05, 4.69) is 22.3 Å². The van der Waals surface area contributed by atoms with Crippen LogP contribution in [-0.4, -0.2) is 26.7 Å². The van der Waals surface area contributed by atoms with Gasteiger partial charge in [-0.2, -0.15) is 5.10 Å². The van der Waals surface area contributed by atoms with Crippen molar-refractivity contribution in [3.63, 3.8) is 0 Å². The number of rotatable bonds is 3. The molecule has 0 bridgehead atoms. The zero-order chi connectivity index (χ0) is 17.1. The van der Waals surface area contributed by atoms with Gasteiger partial charge in [-0.3, -0.25) is 4.79 Å². The van der Waals surface area contributed by atoms with Crippen molar-refractivity contribution in [2.45, 2.75) is 65.3 Å². The fourth-order valence-electron chi connectivity index (χ4n) is 3.28. The third kappa shape index (κ3) is 3.50. The highest BCUT2D eigenvalue weighted by Crippen LogP contribution is 2.18. The Morgan fingerprint density at radius 1 is 1.12 bits per heavy atom. The lowest BCUT2D eigenvalue weighted by Crippen LogP contribution is -2.34. The average molecular weight is 326 g/mol. The lowest BCUT2D eigenvalue weighted by Gasteiger charge is -2.16. The smallest absolute Gasteiger partial charge is 0.253 e. The van der Waals surface area contributed by atoms with Crippen LogP contribution in [0.5, 0.6) is 0 Å². The summed E-state index contributed by atoms with van der Waals surface area (Å²) in [7, 11) is 0. The Bertz CT molecular complexity index is 710. The molecule has 3 rings (SSSR count). The first-order valence-corrected chi connectivity index (χ1v) is 8.86. The van der Waals surface area contributed by atoms with Crippen LogP contribution >= 0.6 is 0 Å². The van der Waals surface area contributed by atoms with Gasteiger partial charge in [-0.25, -0.2) is 9.67 Å². The maximum absolute atomic E-state index is 12.4. The summed E-state index contributed by atoms with van der Waals surface area (Å²) < 4.78 is 1.83. The molecule has 24 heavy (non-hydrogen) atoms. The molecule has 1 aliphatic rings. The van der Waals surface area contributed by atoms with Crippen molar-refractivity contribution in [3.8, 4) is 5.82 Å². The number of carbonyl (C=O) groups excluding carboxylic acids is 1. The van der Waals surface area contributed by atoms with Crippen LogP contribution in [0.15, 0.2) is 18.3 Å². The molecule has 1 saturated carbocycles. The first-order valence-electron chi connectivity index (χ1n) is 8.86. The van der Waals surface area contributed by atoms with Gasteiger partial charge in [0.25, 0.3) is 5.91 Å². The molecule has 2 aromatic rings. The second-order valence-corrected chi connectivity index (χ2v) is 6.77. The van der Waals surface area contributed by atoms with E-state index in [4.69, 9.17) is 0 Å². The lowest BCUT2D eigenvalue weighted by atomic mass is 10.1. The number of hydrogen-bond donors (Lipinski definition) is 1. The third-order valence-electron chi connectivity index (χ3n) is 5.07. The van der Waals surface area contributed by atoms with Crippen LogP contribution in [0.2, 0.25) is 0 Å². The van der Waals surface area contributed by atoms with E-state index in [-0.39, 0.29) is 5.91 Å². The van der Waals surface area contributed by atoms with E-state index >= 15 is 0 Å². The molecule has 0 radical (unpaired) electrons. The minimum Gasteiger partial charge on any atom is -0.349 e. The number of aryl methyl sites for hydroxylation is 1. The number of pyridine rings is 1. The molecule has 0 aromatic carbocycles. The van der Waals surface area contributed by atoms with Crippen LogP contribution in [0.4, 0.5) is 0 Å². The maximum Gasteiger partial charge on any atom is 0.253 e. The van der Waals surface area contributed by atoms with Gasteiger partial charge in [0.2, 0.25) is 0 Å². The van der Waals surface area contributed by atoms with E-state index in [1.807, 2.05) is 30.7 Å². The quantitative estimate of drug-likeness (QED) is 0.876. The van der Waals surface area contributed by atoms with E-state index in [0.717, 1.165) is 30.0 Å². The molecule has 5 nitrogen and oxygen atoms in total. The Balaban J connectivity index is 1.71. The van der Waals surface area contributed by atoms with Gasteiger partial charge in [-0.05, 0) is 51.3 Å². The monoisotopic (exact) mass is 326 g/mol. The van der Waals surface area contributed by atoms with Crippen molar-refractivity contribution in [3.05, 3.63) is 40.8 Å². The summed E-state index contributed by atoms with van der Waals surface area (Å²) in [5, 5.41) is 7.67. The molecule has 1 aliphatic carbocycles. The van der Waals surface area contributed by atoms with Crippen molar-refractivity contribution in [1.82, 2.24) is 20.1 Å². The topological polar surface area (TPSA) is 59.8 Å². The molecule has 0 spiro atoms. The van der Waals surface area contributed by atoms with Crippen LogP contribution in [0.3, 0.4) is 0 Å². The molecule has 2 heterocycles. The molecule has 0 aliphatic heterocycles. The molecule has 1 amide bonds. The lowest BCUT2D eigenvalue weighted by molar-refractivity contribution is 0.0933. The molecule has 1 N–H and O–H groups in total. The standard InChI is InChI=1S/C19H26N4O/c1-13-14(2)22-23(15(13)3)18-11-10-16(12-20-18)19(24)21-17-8-6-4-5-7-9-17/h10-12,17H,4-9H2,1-3H3,(H,21,24). The first kappa shape index (κ1) is 16.7. The molecule has 2 aromatic heterocycles. The summed E-state index contributed by atoms with van der Waals surface area (Å²) in [5.74, 6) is 0.722. The second-order valence-electron chi connectivity index (χ2n) is 6.77. The number of nitrogens with one attached hydrogen (secondary N) is 1. The Hall–Kier alpha value is -2.17. The van der Waals surface area contributed by atoms with E-state index in [0.29, 0.717) is 11.6 Å². The average Bonchev–Trinajstić information content (AvgIpc) is 2.78. The van der Waals surface area contributed by atoms with Gasteiger partial charge in [0, 0.05) is 17.9 Å². The summed E-state index contributed by atoms with van der Waals surface area (Å²) in [6, 6.07) is 4.00. The van der Waals surface area contributed by atoms with Gasteiger partial charge in [-0.1, -0.05) is 25.7 Å². The molecule has 1 fully saturated rings. The summed E-state index contributed by atoms with van der Waals surface area (Å²) in [5.41, 5.74) is 3.87. The Morgan fingerprint density at radius 3 is 2.38 bits per heavy atom. The van der Waals surface area contributed by atoms with Gasteiger partial charge < -0.3 is 5.32 Å². The predicted octanol–water partition coefficient (Wildman–Crippen LogP) is 3.65.